The van der Waals surface area contributed by atoms with Crippen LogP contribution < -0.4 is 16.8 Å². The van der Waals surface area contributed by atoms with Crippen molar-refractivity contribution in [2.45, 2.75) is 6.54 Å². The summed E-state index contributed by atoms with van der Waals surface area (Å²) in [6, 6.07) is 12.5. The lowest BCUT2D eigenvalue weighted by molar-refractivity contribution is 0.100. The standard InChI is InChI=1S/C14H14ClN3O/c15-10-3-6-13(12(7-10)14(17)19)18-8-9-1-4-11(16)5-2-9/h1-7,18H,8,16H2,(H2,17,19). The summed E-state index contributed by atoms with van der Waals surface area (Å²) in [6.07, 6.45) is 0. The molecule has 0 fully saturated rings. The molecule has 0 saturated heterocycles. The van der Waals surface area contributed by atoms with Gasteiger partial charge in [0.2, 0.25) is 0 Å². The Kier molecular flexibility index (Phi) is 3.92. The molecule has 19 heavy (non-hydrogen) atoms. The number of carbonyl (C=O) groups excluding carboxylic acids is 1. The van der Waals surface area contributed by atoms with Crippen molar-refractivity contribution in [3.05, 3.63) is 58.6 Å². The molecule has 0 aliphatic rings. The highest BCUT2D eigenvalue weighted by Crippen LogP contribution is 2.21. The topological polar surface area (TPSA) is 81.1 Å². The van der Waals surface area contributed by atoms with Gasteiger partial charge in [0.1, 0.15) is 0 Å². The molecule has 0 aliphatic heterocycles. The lowest BCUT2D eigenvalue weighted by atomic mass is 10.1. The summed E-state index contributed by atoms with van der Waals surface area (Å²) in [4.78, 5) is 11.3. The molecule has 0 aromatic heterocycles. The minimum absolute atomic E-state index is 0.378. The Balaban J connectivity index is 2.15. The van der Waals surface area contributed by atoms with Gasteiger partial charge in [-0.2, -0.15) is 0 Å². The van der Waals surface area contributed by atoms with Crippen LogP contribution in [0.2, 0.25) is 5.02 Å². The van der Waals surface area contributed by atoms with E-state index in [0.717, 1.165) is 5.56 Å². The second kappa shape index (κ2) is 5.63. The summed E-state index contributed by atoms with van der Waals surface area (Å²) in [7, 11) is 0. The summed E-state index contributed by atoms with van der Waals surface area (Å²) in [5.74, 6) is -0.512. The van der Waals surface area contributed by atoms with Gasteiger partial charge in [0.05, 0.1) is 5.56 Å². The van der Waals surface area contributed by atoms with E-state index in [1.54, 1.807) is 18.2 Å². The van der Waals surface area contributed by atoms with Gasteiger partial charge in [0, 0.05) is 22.9 Å². The van der Waals surface area contributed by atoms with Crippen molar-refractivity contribution in [3.63, 3.8) is 0 Å². The Hall–Kier alpha value is -2.20. The molecule has 2 aromatic rings. The molecule has 0 atom stereocenters. The van der Waals surface area contributed by atoms with Crippen molar-refractivity contribution < 1.29 is 4.79 Å². The largest absolute Gasteiger partial charge is 0.399 e. The number of benzene rings is 2. The number of nitrogens with one attached hydrogen (secondary N) is 1. The lowest BCUT2D eigenvalue weighted by Gasteiger charge is -2.10. The first-order valence-electron chi connectivity index (χ1n) is 5.74. The van der Waals surface area contributed by atoms with Crippen LogP contribution in [0.4, 0.5) is 11.4 Å². The molecule has 0 unspecified atom stereocenters. The van der Waals surface area contributed by atoms with Gasteiger partial charge < -0.3 is 16.8 Å². The van der Waals surface area contributed by atoms with Crippen LogP contribution in [0.1, 0.15) is 15.9 Å². The molecule has 0 heterocycles. The van der Waals surface area contributed by atoms with Crippen molar-refractivity contribution in [2.75, 3.05) is 11.1 Å². The molecular formula is C14H14ClN3O. The van der Waals surface area contributed by atoms with Gasteiger partial charge in [-0.1, -0.05) is 23.7 Å². The molecule has 0 spiro atoms. The van der Waals surface area contributed by atoms with E-state index >= 15 is 0 Å². The van der Waals surface area contributed by atoms with Gasteiger partial charge in [-0.15, -0.1) is 0 Å². The predicted molar refractivity (Wildman–Crippen MR) is 78.2 cm³/mol. The van der Waals surface area contributed by atoms with Crippen molar-refractivity contribution in [3.8, 4) is 0 Å². The molecule has 0 aliphatic carbocycles. The first-order valence-corrected chi connectivity index (χ1v) is 6.11. The number of anilines is 2. The SMILES string of the molecule is NC(=O)c1cc(Cl)ccc1NCc1ccc(N)cc1. The van der Waals surface area contributed by atoms with Gasteiger partial charge in [-0.05, 0) is 35.9 Å². The maximum atomic E-state index is 11.3. The van der Waals surface area contributed by atoms with E-state index in [4.69, 9.17) is 23.1 Å². The minimum Gasteiger partial charge on any atom is -0.399 e. The van der Waals surface area contributed by atoms with Crippen LogP contribution in [0.5, 0.6) is 0 Å². The Morgan fingerprint density at radius 2 is 1.84 bits per heavy atom. The third-order valence-electron chi connectivity index (χ3n) is 2.71. The maximum Gasteiger partial charge on any atom is 0.250 e. The van der Waals surface area contributed by atoms with Crippen LogP contribution in [0.15, 0.2) is 42.5 Å². The zero-order valence-corrected chi connectivity index (χ0v) is 10.9. The van der Waals surface area contributed by atoms with Crippen molar-refractivity contribution in [2.24, 2.45) is 5.73 Å². The number of rotatable bonds is 4. The number of hydrogen-bond donors (Lipinski definition) is 3. The number of carbonyl (C=O) groups is 1. The van der Waals surface area contributed by atoms with Crippen molar-refractivity contribution in [1.29, 1.82) is 0 Å². The van der Waals surface area contributed by atoms with Gasteiger partial charge in [0.25, 0.3) is 5.91 Å². The molecule has 5 N–H and O–H groups in total. The molecule has 2 rings (SSSR count). The fourth-order valence-corrected chi connectivity index (χ4v) is 1.88. The van der Waals surface area contributed by atoms with E-state index in [2.05, 4.69) is 5.32 Å². The zero-order valence-electron chi connectivity index (χ0n) is 10.2. The van der Waals surface area contributed by atoms with E-state index in [1.165, 1.54) is 0 Å². The second-order valence-electron chi connectivity index (χ2n) is 4.15. The summed E-state index contributed by atoms with van der Waals surface area (Å²) < 4.78 is 0. The Bertz CT molecular complexity index is 596. The highest BCUT2D eigenvalue weighted by atomic mass is 35.5. The molecular weight excluding hydrogens is 262 g/mol. The fraction of sp³-hybridized carbons (Fsp3) is 0.0714. The molecule has 1 amide bonds. The minimum atomic E-state index is -0.512. The highest BCUT2D eigenvalue weighted by molar-refractivity contribution is 6.31. The van der Waals surface area contributed by atoms with Crippen molar-refractivity contribution in [1.82, 2.24) is 0 Å². The number of primary amides is 1. The van der Waals surface area contributed by atoms with Crippen LogP contribution in [0.3, 0.4) is 0 Å². The quantitative estimate of drug-likeness (QED) is 0.750. The Labute approximate surface area is 116 Å². The van der Waals surface area contributed by atoms with Crippen LogP contribution in [-0.4, -0.2) is 5.91 Å². The fourth-order valence-electron chi connectivity index (χ4n) is 1.71. The number of amides is 1. The van der Waals surface area contributed by atoms with E-state index in [0.29, 0.717) is 28.5 Å². The van der Waals surface area contributed by atoms with Crippen LogP contribution >= 0.6 is 11.6 Å². The molecule has 2 aromatic carbocycles. The number of nitrogen functional groups attached to an aromatic ring is 1. The van der Waals surface area contributed by atoms with E-state index in [-0.39, 0.29) is 0 Å². The van der Waals surface area contributed by atoms with Gasteiger partial charge in [0.15, 0.2) is 0 Å². The summed E-state index contributed by atoms with van der Waals surface area (Å²) in [5.41, 5.74) is 13.7. The van der Waals surface area contributed by atoms with E-state index < -0.39 is 5.91 Å². The Morgan fingerprint density at radius 1 is 1.16 bits per heavy atom. The maximum absolute atomic E-state index is 11.3. The number of hydrogen-bond acceptors (Lipinski definition) is 3. The molecule has 4 nitrogen and oxygen atoms in total. The third kappa shape index (κ3) is 3.39. The number of halogens is 1. The van der Waals surface area contributed by atoms with E-state index in [9.17, 15) is 4.79 Å². The third-order valence-corrected chi connectivity index (χ3v) is 2.94. The highest BCUT2D eigenvalue weighted by Gasteiger charge is 2.08. The van der Waals surface area contributed by atoms with Gasteiger partial charge >= 0.3 is 0 Å². The van der Waals surface area contributed by atoms with Crippen LogP contribution in [-0.2, 0) is 6.54 Å². The van der Waals surface area contributed by atoms with Crippen LogP contribution in [0.25, 0.3) is 0 Å². The second-order valence-corrected chi connectivity index (χ2v) is 4.59. The van der Waals surface area contributed by atoms with E-state index in [1.807, 2.05) is 24.3 Å². The molecule has 98 valence electrons. The molecule has 0 radical (unpaired) electrons. The number of nitrogens with two attached hydrogens (primary N) is 2. The summed E-state index contributed by atoms with van der Waals surface area (Å²) in [5, 5.41) is 3.64. The average molecular weight is 276 g/mol. The van der Waals surface area contributed by atoms with Crippen LogP contribution in [0, 0.1) is 0 Å². The normalized spacial score (nSPS) is 10.2. The molecule has 0 saturated carbocycles. The first-order chi connectivity index (χ1) is 9.06. The summed E-state index contributed by atoms with van der Waals surface area (Å²) in [6.45, 7) is 0.572. The van der Waals surface area contributed by atoms with Gasteiger partial charge in [-0.3, -0.25) is 4.79 Å². The van der Waals surface area contributed by atoms with Crippen molar-refractivity contribution >= 4 is 28.9 Å². The van der Waals surface area contributed by atoms with Gasteiger partial charge in [-0.25, -0.2) is 0 Å². The monoisotopic (exact) mass is 275 g/mol. The zero-order chi connectivity index (χ0) is 13.8. The lowest BCUT2D eigenvalue weighted by Crippen LogP contribution is -2.14. The summed E-state index contributed by atoms with van der Waals surface area (Å²) >= 11 is 5.85. The molecule has 0 bridgehead atoms. The molecule has 5 heteroatoms. The first kappa shape index (κ1) is 13.2. The Morgan fingerprint density at radius 3 is 2.47 bits per heavy atom. The average Bonchev–Trinajstić information content (AvgIpc) is 2.39. The predicted octanol–water partition coefficient (Wildman–Crippen LogP) is 2.63. The smallest absolute Gasteiger partial charge is 0.250 e.